The minimum atomic E-state index is -0.220. The summed E-state index contributed by atoms with van der Waals surface area (Å²) in [6, 6.07) is 5.12. The average molecular weight is 354 g/mol. The summed E-state index contributed by atoms with van der Waals surface area (Å²) in [5.74, 6) is 0.0280. The fourth-order valence-electron chi connectivity index (χ4n) is 3.65. The summed E-state index contributed by atoms with van der Waals surface area (Å²) in [5.41, 5.74) is 2.02. The lowest BCUT2D eigenvalue weighted by molar-refractivity contribution is -0.132. The van der Waals surface area contributed by atoms with Crippen molar-refractivity contribution >= 4 is 22.8 Å². The molecule has 0 saturated carbocycles. The molecule has 1 aromatic carbocycles. The topological polar surface area (TPSA) is 75.6 Å². The smallest absolute Gasteiger partial charge is 0.254 e. The van der Waals surface area contributed by atoms with Gasteiger partial charge in [-0.25, -0.2) is 0 Å². The molecule has 7 heteroatoms. The zero-order valence-electron chi connectivity index (χ0n) is 14.6. The van der Waals surface area contributed by atoms with Crippen molar-refractivity contribution in [2.24, 2.45) is 0 Å². The number of nitrogens with zero attached hydrogens (tertiary/aromatic N) is 4. The van der Waals surface area contributed by atoms with Crippen LogP contribution in [0.5, 0.6) is 0 Å². The van der Waals surface area contributed by atoms with E-state index >= 15 is 0 Å². The van der Waals surface area contributed by atoms with Crippen molar-refractivity contribution in [3.63, 3.8) is 0 Å². The number of benzene rings is 1. The first kappa shape index (κ1) is 16.9. The van der Waals surface area contributed by atoms with Crippen molar-refractivity contribution in [3.8, 4) is 0 Å². The standard InChI is InChI=1S/C19H22N4O3/c24-18(22-7-1-2-8-22)12-15-13-26-10-9-23(15)19(25)14-3-4-16-17(11-14)21-6-5-20-16/h3-6,11,15H,1-2,7-10,12-13H2/t15-/m1/s1. The van der Waals surface area contributed by atoms with Gasteiger partial charge in [-0.2, -0.15) is 0 Å². The third-order valence-corrected chi connectivity index (χ3v) is 5.07. The lowest BCUT2D eigenvalue weighted by atomic mass is 10.1. The Morgan fingerprint density at radius 1 is 1.08 bits per heavy atom. The van der Waals surface area contributed by atoms with Crippen LogP contribution in [0.25, 0.3) is 11.0 Å². The van der Waals surface area contributed by atoms with E-state index in [4.69, 9.17) is 4.74 Å². The van der Waals surface area contributed by atoms with E-state index in [9.17, 15) is 9.59 Å². The van der Waals surface area contributed by atoms with E-state index in [0.717, 1.165) is 31.4 Å². The first-order valence-corrected chi connectivity index (χ1v) is 9.09. The highest BCUT2D eigenvalue weighted by Gasteiger charge is 2.31. The predicted molar refractivity (Wildman–Crippen MR) is 95.6 cm³/mol. The molecule has 1 aromatic heterocycles. The van der Waals surface area contributed by atoms with Gasteiger partial charge in [0, 0.05) is 44.0 Å². The first-order chi connectivity index (χ1) is 12.7. The lowest BCUT2D eigenvalue weighted by Crippen LogP contribution is -2.50. The molecule has 2 saturated heterocycles. The molecular weight excluding hydrogens is 332 g/mol. The summed E-state index contributed by atoms with van der Waals surface area (Å²) in [7, 11) is 0. The molecule has 7 nitrogen and oxygen atoms in total. The number of likely N-dealkylation sites (tertiary alicyclic amines) is 1. The van der Waals surface area contributed by atoms with Gasteiger partial charge in [0.2, 0.25) is 5.91 Å². The Morgan fingerprint density at radius 2 is 1.85 bits per heavy atom. The van der Waals surface area contributed by atoms with Crippen LogP contribution in [0.2, 0.25) is 0 Å². The average Bonchev–Trinajstić information content (AvgIpc) is 3.22. The van der Waals surface area contributed by atoms with Gasteiger partial charge in [-0.1, -0.05) is 0 Å². The summed E-state index contributed by atoms with van der Waals surface area (Å²) in [5, 5.41) is 0. The molecule has 0 N–H and O–H groups in total. The van der Waals surface area contributed by atoms with Gasteiger partial charge in [0.1, 0.15) is 0 Å². The summed E-state index contributed by atoms with van der Waals surface area (Å²) in [6.45, 7) is 3.04. The van der Waals surface area contributed by atoms with Gasteiger partial charge in [-0.05, 0) is 31.0 Å². The first-order valence-electron chi connectivity index (χ1n) is 9.09. The van der Waals surface area contributed by atoms with Crippen LogP contribution < -0.4 is 0 Å². The third kappa shape index (κ3) is 3.39. The van der Waals surface area contributed by atoms with Gasteiger partial charge in [-0.15, -0.1) is 0 Å². The van der Waals surface area contributed by atoms with Crippen LogP contribution in [0.15, 0.2) is 30.6 Å². The molecule has 2 aromatic rings. The number of ether oxygens (including phenoxy) is 1. The van der Waals surface area contributed by atoms with Crippen molar-refractivity contribution in [1.29, 1.82) is 0 Å². The van der Waals surface area contributed by atoms with E-state index in [2.05, 4.69) is 9.97 Å². The zero-order valence-corrected chi connectivity index (χ0v) is 14.6. The fraction of sp³-hybridized carbons (Fsp3) is 0.474. The molecule has 2 aliphatic heterocycles. The highest BCUT2D eigenvalue weighted by atomic mass is 16.5. The van der Waals surface area contributed by atoms with Crippen LogP contribution in [-0.2, 0) is 9.53 Å². The monoisotopic (exact) mass is 354 g/mol. The predicted octanol–water partition coefficient (Wildman–Crippen LogP) is 1.48. The maximum absolute atomic E-state index is 13.1. The maximum atomic E-state index is 13.1. The minimum Gasteiger partial charge on any atom is -0.377 e. The van der Waals surface area contributed by atoms with Crippen molar-refractivity contribution in [2.45, 2.75) is 25.3 Å². The van der Waals surface area contributed by atoms with Crippen molar-refractivity contribution < 1.29 is 14.3 Å². The van der Waals surface area contributed by atoms with E-state index in [1.807, 2.05) is 4.90 Å². The van der Waals surface area contributed by atoms with Gasteiger partial charge in [0.15, 0.2) is 0 Å². The van der Waals surface area contributed by atoms with E-state index in [0.29, 0.717) is 37.3 Å². The molecule has 26 heavy (non-hydrogen) atoms. The number of hydrogen-bond acceptors (Lipinski definition) is 5. The van der Waals surface area contributed by atoms with E-state index in [1.165, 1.54) is 0 Å². The summed E-state index contributed by atoms with van der Waals surface area (Å²) in [6.07, 6.45) is 5.69. The molecule has 0 unspecified atom stereocenters. The summed E-state index contributed by atoms with van der Waals surface area (Å²) >= 11 is 0. The molecule has 0 radical (unpaired) electrons. The van der Waals surface area contributed by atoms with E-state index in [-0.39, 0.29) is 17.9 Å². The van der Waals surface area contributed by atoms with Crippen LogP contribution in [0, 0.1) is 0 Å². The molecule has 2 amide bonds. The van der Waals surface area contributed by atoms with Crippen LogP contribution in [-0.4, -0.2) is 70.5 Å². The van der Waals surface area contributed by atoms with Gasteiger partial charge < -0.3 is 14.5 Å². The molecule has 0 bridgehead atoms. The SMILES string of the molecule is O=C(C[C@@H]1COCCN1C(=O)c1ccc2nccnc2c1)N1CCCC1. The van der Waals surface area contributed by atoms with Crippen molar-refractivity contribution in [2.75, 3.05) is 32.8 Å². The molecule has 136 valence electrons. The van der Waals surface area contributed by atoms with Gasteiger partial charge >= 0.3 is 0 Å². The van der Waals surface area contributed by atoms with Gasteiger partial charge in [0.25, 0.3) is 5.91 Å². The second-order valence-corrected chi connectivity index (χ2v) is 6.78. The second-order valence-electron chi connectivity index (χ2n) is 6.78. The minimum absolute atomic E-state index is 0.0833. The third-order valence-electron chi connectivity index (χ3n) is 5.07. The number of morpholine rings is 1. The second kappa shape index (κ2) is 7.37. The highest BCUT2D eigenvalue weighted by Crippen LogP contribution is 2.19. The Labute approximate surface area is 152 Å². The van der Waals surface area contributed by atoms with Gasteiger partial charge in [-0.3, -0.25) is 19.6 Å². The number of carbonyl (C=O) groups excluding carboxylic acids is 2. The van der Waals surface area contributed by atoms with Crippen LogP contribution >= 0.6 is 0 Å². The zero-order chi connectivity index (χ0) is 17.9. The van der Waals surface area contributed by atoms with Crippen molar-refractivity contribution in [3.05, 3.63) is 36.2 Å². The Kier molecular flexibility index (Phi) is 4.79. The maximum Gasteiger partial charge on any atom is 0.254 e. The molecule has 2 fully saturated rings. The molecule has 2 aliphatic rings. The molecular formula is C19H22N4O3. The summed E-state index contributed by atoms with van der Waals surface area (Å²) < 4.78 is 5.55. The number of amides is 2. The number of fused-ring (bicyclic) bond motifs is 1. The number of carbonyl (C=O) groups is 2. The number of rotatable bonds is 3. The number of aromatic nitrogens is 2. The summed E-state index contributed by atoms with van der Waals surface area (Å²) in [4.78, 5) is 37.7. The number of hydrogen-bond donors (Lipinski definition) is 0. The van der Waals surface area contributed by atoms with Crippen LogP contribution in [0.3, 0.4) is 0 Å². The van der Waals surface area contributed by atoms with Gasteiger partial charge in [0.05, 0.1) is 30.3 Å². The molecule has 1 atom stereocenters. The largest absolute Gasteiger partial charge is 0.377 e. The Hall–Kier alpha value is -2.54. The Bertz CT molecular complexity index is 819. The molecule has 4 rings (SSSR count). The Balaban J connectivity index is 1.52. The Morgan fingerprint density at radius 3 is 2.65 bits per heavy atom. The normalized spacial score (nSPS) is 20.5. The molecule has 3 heterocycles. The molecule has 0 spiro atoms. The van der Waals surface area contributed by atoms with E-state index < -0.39 is 0 Å². The van der Waals surface area contributed by atoms with Crippen LogP contribution in [0.1, 0.15) is 29.6 Å². The molecule has 0 aliphatic carbocycles. The quantitative estimate of drug-likeness (QED) is 0.835. The van der Waals surface area contributed by atoms with Crippen LogP contribution in [0.4, 0.5) is 0 Å². The lowest BCUT2D eigenvalue weighted by Gasteiger charge is -2.36. The van der Waals surface area contributed by atoms with E-state index in [1.54, 1.807) is 35.5 Å². The van der Waals surface area contributed by atoms with Crippen molar-refractivity contribution in [1.82, 2.24) is 19.8 Å². The fourth-order valence-corrected chi connectivity index (χ4v) is 3.65. The highest BCUT2D eigenvalue weighted by molar-refractivity contribution is 5.97.